The van der Waals surface area contributed by atoms with Crippen LogP contribution in [-0.2, 0) is 0 Å². The van der Waals surface area contributed by atoms with Crippen molar-refractivity contribution in [2.24, 2.45) is 5.92 Å². The highest BCUT2D eigenvalue weighted by atomic mass is 32.1. The number of carbonyl (C=O) groups is 2. The van der Waals surface area contributed by atoms with Gasteiger partial charge in [-0.1, -0.05) is 6.07 Å². The zero-order valence-electron chi connectivity index (χ0n) is 9.54. The van der Waals surface area contributed by atoms with Gasteiger partial charge >= 0.3 is 0 Å². The average molecular weight is 259 g/mol. The molecule has 1 atom stereocenters. The van der Waals surface area contributed by atoms with Crippen molar-refractivity contribution in [3.05, 3.63) is 46.0 Å². The van der Waals surface area contributed by atoms with E-state index < -0.39 is 17.5 Å². The summed E-state index contributed by atoms with van der Waals surface area (Å²) in [5.74, 6) is -1.86. The lowest BCUT2D eigenvalue weighted by Gasteiger charge is -2.04. The molecule has 0 unspecified atom stereocenters. The molecule has 0 aliphatic rings. The third-order valence-corrected chi connectivity index (χ3v) is 3.43. The van der Waals surface area contributed by atoms with E-state index in [9.17, 15) is 9.59 Å². The lowest BCUT2D eigenvalue weighted by molar-refractivity contribution is 0.0847. The maximum Gasteiger partial charge on any atom is 0.197 e. The van der Waals surface area contributed by atoms with Gasteiger partial charge in [0.1, 0.15) is 5.76 Å². The highest BCUT2D eigenvalue weighted by molar-refractivity contribution is 7.12. The number of furan rings is 1. The van der Waals surface area contributed by atoms with Crippen LogP contribution >= 0.6 is 11.3 Å². The number of thiophene rings is 1. The van der Waals surface area contributed by atoms with E-state index in [1.54, 1.807) is 30.5 Å². The summed E-state index contributed by atoms with van der Waals surface area (Å²) in [6.45, 7) is 1.62. The molecular formula is C13H9NO3S. The third-order valence-electron chi connectivity index (χ3n) is 2.54. The van der Waals surface area contributed by atoms with Gasteiger partial charge < -0.3 is 4.42 Å². The summed E-state index contributed by atoms with van der Waals surface area (Å²) >= 11 is 1.22. The van der Waals surface area contributed by atoms with E-state index in [4.69, 9.17) is 9.68 Å². The fourth-order valence-corrected chi connectivity index (χ4v) is 2.29. The molecule has 4 nitrogen and oxygen atoms in total. The number of nitrogens with zero attached hydrogens (tertiary/aromatic N) is 1. The van der Waals surface area contributed by atoms with Gasteiger partial charge in [0.05, 0.1) is 22.8 Å². The fourth-order valence-electron chi connectivity index (χ4n) is 1.59. The van der Waals surface area contributed by atoms with Crippen molar-refractivity contribution in [1.82, 2.24) is 0 Å². The first-order chi connectivity index (χ1) is 8.65. The van der Waals surface area contributed by atoms with E-state index in [1.165, 1.54) is 23.7 Å². The SMILES string of the molecule is Cc1occc1C(=O)[C@@H](C#N)C(=O)c1cccs1. The molecule has 0 aromatic carbocycles. The van der Waals surface area contributed by atoms with Crippen molar-refractivity contribution in [2.45, 2.75) is 6.92 Å². The van der Waals surface area contributed by atoms with Crippen LogP contribution in [0, 0.1) is 24.2 Å². The molecule has 2 aromatic rings. The quantitative estimate of drug-likeness (QED) is 0.625. The van der Waals surface area contributed by atoms with E-state index in [2.05, 4.69) is 0 Å². The summed E-state index contributed by atoms with van der Waals surface area (Å²) in [6, 6.07) is 6.56. The largest absolute Gasteiger partial charge is 0.469 e. The van der Waals surface area contributed by atoms with Gasteiger partial charge in [-0.25, -0.2) is 0 Å². The molecule has 0 amide bonds. The molecule has 0 aliphatic heterocycles. The second-order valence-corrected chi connectivity index (χ2v) is 4.61. The molecule has 0 bridgehead atoms. The Morgan fingerprint density at radius 1 is 1.39 bits per heavy atom. The molecular weight excluding hydrogens is 250 g/mol. The summed E-state index contributed by atoms with van der Waals surface area (Å²) in [4.78, 5) is 24.5. The van der Waals surface area contributed by atoms with Crippen LogP contribution in [0.1, 0.15) is 25.8 Å². The summed E-state index contributed by atoms with van der Waals surface area (Å²) in [6.07, 6.45) is 1.37. The van der Waals surface area contributed by atoms with Gasteiger partial charge in [0.2, 0.25) is 0 Å². The van der Waals surface area contributed by atoms with Crippen molar-refractivity contribution in [1.29, 1.82) is 5.26 Å². The molecule has 90 valence electrons. The van der Waals surface area contributed by atoms with Crippen LogP contribution in [0.2, 0.25) is 0 Å². The monoisotopic (exact) mass is 259 g/mol. The Hall–Kier alpha value is -2.19. The fraction of sp³-hybridized carbons (Fsp3) is 0.154. The second-order valence-electron chi connectivity index (χ2n) is 3.66. The second kappa shape index (κ2) is 4.98. The molecule has 0 radical (unpaired) electrons. The summed E-state index contributed by atoms with van der Waals surface area (Å²) in [7, 11) is 0. The van der Waals surface area contributed by atoms with Crippen molar-refractivity contribution < 1.29 is 14.0 Å². The molecule has 0 saturated heterocycles. The number of nitriles is 1. The molecule has 2 aromatic heterocycles. The number of aryl methyl sites for hydroxylation is 1. The minimum Gasteiger partial charge on any atom is -0.469 e. The van der Waals surface area contributed by atoms with Crippen LogP contribution in [0.3, 0.4) is 0 Å². The minimum absolute atomic E-state index is 0.284. The summed E-state index contributed by atoms with van der Waals surface area (Å²) < 4.78 is 5.01. The topological polar surface area (TPSA) is 71.1 Å². The van der Waals surface area contributed by atoms with Crippen LogP contribution < -0.4 is 0 Å². The van der Waals surface area contributed by atoms with Crippen molar-refractivity contribution in [3.8, 4) is 6.07 Å². The van der Waals surface area contributed by atoms with E-state index in [0.717, 1.165) is 0 Å². The molecule has 5 heteroatoms. The van der Waals surface area contributed by atoms with Crippen LogP contribution in [0.15, 0.2) is 34.3 Å². The molecule has 2 rings (SSSR count). The molecule has 0 spiro atoms. The molecule has 0 fully saturated rings. The van der Waals surface area contributed by atoms with Crippen LogP contribution in [-0.4, -0.2) is 11.6 Å². The minimum atomic E-state index is -1.31. The normalized spacial score (nSPS) is 11.8. The standard InChI is InChI=1S/C13H9NO3S/c1-8-9(4-5-17-8)12(15)10(7-14)13(16)11-3-2-6-18-11/h2-6,10H,1H3/t10-/m1/s1. The number of rotatable bonds is 4. The Kier molecular flexibility index (Phi) is 3.40. The van der Waals surface area contributed by atoms with Crippen molar-refractivity contribution >= 4 is 22.9 Å². The van der Waals surface area contributed by atoms with E-state index >= 15 is 0 Å². The maximum atomic E-state index is 12.1. The number of carbonyl (C=O) groups excluding carboxylic acids is 2. The number of hydrogen-bond donors (Lipinski definition) is 0. The molecule has 2 heterocycles. The van der Waals surface area contributed by atoms with E-state index in [-0.39, 0.29) is 5.56 Å². The summed E-state index contributed by atoms with van der Waals surface area (Å²) in [5, 5.41) is 10.8. The lowest BCUT2D eigenvalue weighted by atomic mass is 9.94. The zero-order valence-corrected chi connectivity index (χ0v) is 10.4. The maximum absolute atomic E-state index is 12.1. The Morgan fingerprint density at radius 2 is 2.17 bits per heavy atom. The molecule has 0 aliphatic carbocycles. The Morgan fingerprint density at radius 3 is 2.67 bits per heavy atom. The lowest BCUT2D eigenvalue weighted by Crippen LogP contribution is -2.22. The summed E-state index contributed by atoms with van der Waals surface area (Å²) in [5.41, 5.74) is 0.284. The van der Waals surface area contributed by atoms with Gasteiger partial charge in [-0.2, -0.15) is 5.26 Å². The smallest absolute Gasteiger partial charge is 0.197 e. The molecule has 0 saturated carbocycles. The van der Waals surface area contributed by atoms with Crippen molar-refractivity contribution in [3.63, 3.8) is 0 Å². The first-order valence-corrected chi connectivity index (χ1v) is 6.08. The Balaban J connectivity index is 2.31. The Bertz CT molecular complexity index is 619. The first-order valence-electron chi connectivity index (χ1n) is 5.20. The van der Waals surface area contributed by atoms with Crippen LogP contribution in [0.5, 0.6) is 0 Å². The van der Waals surface area contributed by atoms with E-state index in [0.29, 0.717) is 10.6 Å². The first kappa shape index (κ1) is 12.3. The van der Waals surface area contributed by atoms with Gasteiger partial charge in [0.15, 0.2) is 17.5 Å². The van der Waals surface area contributed by atoms with Crippen LogP contribution in [0.4, 0.5) is 0 Å². The highest BCUT2D eigenvalue weighted by Crippen LogP contribution is 2.20. The van der Waals surface area contributed by atoms with Crippen molar-refractivity contribution in [2.75, 3.05) is 0 Å². The van der Waals surface area contributed by atoms with Gasteiger partial charge in [-0.3, -0.25) is 9.59 Å². The number of hydrogen-bond acceptors (Lipinski definition) is 5. The van der Waals surface area contributed by atoms with Crippen LogP contribution in [0.25, 0.3) is 0 Å². The predicted octanol–water partition coefficient (Wildman–Crippen LogP) is 2.85. The third kappa shape index (κ3) is 2.11. The molecule has 0 N–H and O–H groups in total. The van der Waals surface area contributed by atoms with E-state index in [1.807, 2.05) is 0 Å². The van der Waals surface area contributed by atoms with Gasteiger partial charge in [-0.15, -0.1) is 11.3 Å². The average Bonchev–Trinajstić information content (AvgIpc) is 2.99. The van der Waals surface area contributed by atoms with Gasteiger partial charge in [-0.05, 0) is 24.4 Å². The number of Topliss-reactive ketones (excluding diaryl/α,β-unsaturated/α-hetero) is 2. The van der Waals surface area contributed by atoms with Gasteiger partial charge in [0, 0.05) is 0 Å². The highest BCUT2D eigenvalue weighted by Gasteiger charge is 2.30. The Labute approximate surface area is 107 Å². The zero-order chi connectivity index (χ0) is 13.1. The predicted molar refractivity (Wildman–Crippen MR) is 65.5 cm³/mol. The molecule has 18 heavy (non-hydrogen) atoms. The van der Waals surface area contributed by atoms with Gasteiger partial charge in [0.25, 0.3) is 0 Å². The number of ketones is 2.